The van der Waals surface area contributed by atoms with Crippen molar-refractivity contribution in [3.8, 4) is 11.1 Å². The second-order valence-corrected chi connectivity index (χ2v) is 9.49. The maximum absolute atomic E-state index is 9.11. The Morgan fingerprint density at radius 2 is 1.65 bits per heavy atom. The molecular weight excluding hydrogens is 424 g/mol. The number of amides is 1. The van der Waals surface area contributed by atoms with E-state index in [2.05, 4.69) is 55.6 Å². The molecule has 3 rings (SSSR count). The van der Waals surface area contributed by atoms with Gasteiger partial charge in [0.05, 0.1) is 0 Å². The Morgan fingerprint density at radius 3 is 2.22 bits per heavy atom. The van der Waals surface area contributed by atoms with Gasteiger partial charge in [0.15, 0.2) is 0 Å². The van der Waals surface area contributed by atoms with Crippen LogP contribution in [0.25, 0.3) is 16.9 Å². The van der Waals surface area contributed by atoms with E-state index in [1.165, 1.54) is 29.2 Å². The molecule has 0 aliphatic heterocycles. The Bertz CT molecular complexity index is 547. The number of rotatable bonds is 0. The van der Waals surface area contributed by atoms with Crippen molar-refractivity contribution in [3.05, 3.63) is 65.4 Å². The molecule has 0 atom stereocenters. The van der Waals surface area contributed by atoms with Crippen molar-refractivity contribution in [1.82, 2.24) is 0 Å². The molecule has 0 saturated heterocycles. The van der Waals surface area contributed by atoms with E-state index < -0.39 is 26.8 Å². The van der Waals surface area contributed by atoms with Crippen molar-refractivity contribution in [3.63, 3.8) is 0 Å². The van der Waals surface area contributed by atoms with Gasteiger partial charge in [-0.2, -0.15) is 29.8 Å². The molecule has 0 saturated carbocycles. The van der Waals surface area contributed by atoms with Crippen LogP contribution in [0.4, 0.5) is 0 Å². The fourth-order valence-electron chi connectivity index (χ4n) is 2.00. The van der Waals surface area contributed by atoms with Crippen LogP contribution in [0.3, 0.4) is 0 Å². The van der Waals surface area contributed by atoms with Crippen LogP contribution in [-0.4, -0.2) is 15.4 Å². The van der Waals surface area contributed by atoms with E-state index in [4.69, 9.17) is 27.6 Å². The molecule has 1 amide bonds. The molecule has 0 heterocycles. The van der Waals surface area contributed by atoms with E-state index in [0.717, 1.165) is 15.9 Å². The fourth-order valence-corrected chi connectivity index (χ4v) is 2.00. The van der Waals surface area contributed by atoms with Gasteiger partial charge in [0.1, 0.15) is 0 Å². The zero-order chi connectivity index (χ0) is 17.7. The molecule has 2 aromatic rings. The van der Waals surface area contributed by atoms with E-state index in [1.807, 2.05) is 6.07 Å². The minimum Gasteiger partial charge on any atom is -0.179 e. The molecule has 2 nitrogen and oxygen atoms in total. The van der Waals surface area contributed by atoms with Crippen LogP contribution >= 0.6 is 17.0 Å². The summed E-state index contributed by atoms with van der Waals surface area (Å²) in [5.41, 5.74) is 11.5. The Morgan fingerprint density at radius 1 is 1.17 bits per heavy atom. The van der Waals surface area contributed by atoms with Gasteiger partial charge in [-0.15, -0.1) is 5.56 Å². The van der Waals surface area contributed by atoms with Gasteiger partial charge in [-0.1, -0.05) is 48.5 Å². The smallest absolute Gasteiger partial charge is 0.0253 e. The van der Waals surface area contributed by atoms with Crippen molar-refractivity contribution in [2.45, 2.75) is 26.4 Å². The average Bonchev–Trinajstić information content (AvgIpc) is 2.87. The van der Waals surface area contributed by atoms with Gasteiger partial charge < -0.3 is 10.5 Å². The average molecular weight is 445 g/mol. The fraction of sp³-hybridized carbons (Fsp3) is 0.235. The molecule has 0 aromatic heterocycles. The standard InChI is InChI=1S/C13H9.C2H5NO.C2H7Si.2ClH.Zr/c1-3-7-12-10(5-1)9-11-6-2-4-8-13(11)12;1-2(3)4;1-3-2;;;/h1-5,7-8H,9H2;1H3,(H2,3,4);3H,1-2H3;2*1H;/q-1;;;;;+4/p-3. The van der Waals surface area contributed by atoms with E-state index in [1.54, 1.807) is 0 Å². The molecule has 0 spiro atoms. The molecule has 1 aliphatic rings. The summed E-state index contributed by atoms with van der Waals surface area (Å²) in [6.07, 6.45) is 1.05. The zero-order valence-corrected chi connectivity index (χ0v) is 18.6. The monoisotopic (exact) mass is 442 g/mol. The zero-order valence-electron chi connectivity index (χ0n) is 13.5. The molecule has 23 heavy (non-hydrogen) atoms. The van der Waals surface area contributed by atoms with Gasteiger partial charge in [-0.05, 0) is 13.3 Å². The van der Waals surface area contributed by atoms with Crippen molar-refractivity contribution in [1.29, 1.82) is 0 Å². The summed E-state index contributed by atoms with van der Waals surface area (Å²) >= 11 is -0.826. The van der Waals surface area contributed by atoms with Crippen LogP contribution in [0.5, 0.6) is 0 Å². The number of fused-ring (bicyclic) bond motifs is 3. The minimum absolute atomic E-state index is 0.583. The van der Waals surface area contributed by atoms with Crippen LogP contribution in [0.2, 0.25) is 13.1 Å². The van der Waals surface area contributed by atoms with Gasteiger partial charge in [-0.25, -0.2) is 0 Å². The molecule has 1 radical (unpaired) electrons. The first-order valence-electron chi connectivity index (χ1n) is 7.02. The Kier molecular flexibility index (Phi) is 13.7. The molecule has 1 N–H and O–H groups in total. The molecule has 0 bridgehead atoms. The molecular formula is C17H20Cl2NOSiZr. The third kappa shape index (κ3) is 9.46. The number of halogens is 2. The summed E-state index contributed by atoms with van der Waals surface area (Å²) in [4.78, 5) is 9.11. The summed E-state index contributed by atoms with van der Waals surface area (Å²) in [5, 5.41) is 0. The molecule has 0 fully saturated rings. The van der Waals surface area contributed by atoms with Crippen molar-refractivity contribution >= 4 is 32.5 Å². The molecule has 121 valence electrons. The van der Waals surface area contributed by atoms with E-state index in [0.29, 0.717) is 0 Å². The second-order valence-electron chi connectivity index (χ2n) is 4.60. The summed E-state index contributed by atoms with van der Waals surface area (Å²) in [6.45, 7) is 5.61. The maximum atomic E-state index is 9.11. The third-order valence-electron chi connectivity index (χ3n) is 2.62. The predicted molar refractivity (Wildman–Crippen MR) is 99.1 cm³/mol. The molecule has 6 heteroatoms. The molecule has 1 aliphatic carbocycles. The number of benzene rings is 2. The van der Waals surface area contributed by atoms with Crippen molar-refractivity contribution < 1.29 is 25.6 Å². The van der Waals surface area contributed by atoms with Gasteiger partial charge in [0, 0.05) is 15.4 Å². The first-order valence-corrected chi connectivity index (χ1v) is 15.7. The van der Waals surface area contributed by atoms with Crippen molar-refractivity contribution in [2.75, 3.05) is 0 Å². The van der Waals surface area contributed by atoms with Crippen LogP contribution in [0.15, 0.2) is 42.5 Å². The Labute approximate surface area is 160 Å². The summed E-state index contributed by atoms with van der Waals surface area (Å²) in [5.74, 6) is -0.583. The minimum atomic E-state index is -0.826. The second kappa shape index (κ2) is 14.0. The van der Waals surface area contributed by atoms with E-state index in [-0.39, 0.29) is 0 Å². The number of carbonyl (C=O) groups is 1. The first-order chi connectivity index (χ1) is 11.0. The molecule has 0 unspecified atom stereocenters. The van der Waals surface area contributed by atoms with Crippen LogP contribution < -0.4 is 0 Å². The van der Waals surface area contributed by atoms with Crippen LogP contribution in [0.1, 0.15) is 18.1 Å². The van der Waals surface area contributed by atoms with E-state index >= 15 is 0 Å². The molecule has 2 aromatic carbocycles. The van der Waals surface area contributed by atoms with E-state index in [9.17, 15) is 0 Å². The van der Waals surface area contributed by atoms with Crippen molar-refractivity contribution in [2.24, 2.45) is 0 Å². The number of hydrogen-bond acceptors (Lipinski definition) is 1. The Hall–Kier alpha value is -0.410. The van der Waals surface area contributed by atoms with Gasteiger partial charge in [0.25, 0.3) is 0 Å². The van der Waals surface area contributed by atoms with Gasteiger partial charge in [0.2, 0.25) is 0 Å². The predicted octanol–water partition coefficient (Wildman–Crippen LogP) is 5.54. The van der Waals surface area contributed by atoms with Gasteiger partial charge >= 0.3 is 37.9 Å². The normalized spacial score (nSPS) is 9.26. The maximum Gasteiger partial charge on any atom is -0.0253 e. The topological polar surface area (TPSA) is 40.9 Å². The largest absolute Gasteiger partial charge is 0.179 e. The van der Waals surface area contributed by atoms with Crippen LogP contribution in [0, 0.1) is 6.07 Å². The number of hydrogen-bond donors (Lipinski definition) is 0. The van der Waals surface area contributed by atoms with Gasteiger partial charge in [-0.3, -0.25) is 0 Å². The number of nitrogens with one attached hydrogen (secondary N) is 1. The SMILES string of the molecule is CC([NH-])=O.C[SiH]C.[Cl][Zr+2][Cl].[c-]1cccc2c1Cc1ccccc1-2. The van der Waals surface area contributed by atoms with Crippen LogP contribution in [-0.2, 0) is 32.1 Å². The first kappa shape index (κ1) is 22.6. The summed E-state index contributed by atoms with van der Waals surface area (Å²) < 4.78 is 0. The number of carbonyl (C=O) groups excluding carboxylic acids is 1. The summed E-state index contributed by atoms with van der Waals surface area (Å²) in [7, 11) is 10.6. The quantitative estimate of drug-likeness (QED) is 0.332. The Balaban J connectivity index is 0.000000409. The third-order valence-corrected chi connectivity index (χ3v) is 2.62. The summed E-state index contributed by atoms with van der Waals surface area (Å²) in [6, 6.07) is 18.1.